The first-order chi connectivity index (χ1) is 8.34. The molecule has 1 heterocycles. The summed E-state index contributed by atoms with van der Waals surface area (Å²) in [6, 6.07) is 3.64. The lowest BCUT2D eigenvalue weighted by Gasteiger charge is -2.21. The number of aliphatic imine (C=N–C) groups is 1. The van der Waals surface area contributed by atoms with Crippen LogP contribution in [0, 0.1) is 0 Å². The zero-order valence-electron chi connectivity index (χ0n) is 10.9. The molecule has 3 N–H and O–H groups in total. The maximum Gasteiger partial charge on any atom is 0.214 e. The van der Waals surface area contributed by atoms with Crippen LogP contribution in [-0.4, -0.2) is 11.7 Å². The van der Waals surface area contributed by atoms with Crippen LogP contribution in [0.1, 0.15) is 26.3 Å². The van der Waals surface area contributed by atoms with Crippen LogP contribution in [0.2, 0.25) is 0 Å². The molecule has 2 aromatic rings. The molecule has 2 rings (SSSR count). The molecule has 0 saturated heterocycles. The van der Waals surface area contributed by atoms with Gasteiger partial charge in [0.1, 0.15) is 5.69 Å². The summed E-state index contributed by atoms with van der Waals surface area (Å²) in [6.07, 6.45) is 1.57. The molecule has 0 aliphatic rings. The monoisotopic (exact) mass is 243 g/mol. The Labute approximate surface area is 106 Å². The van der Waals surface area contributed by atoms with Crippen molar-refractivity contribution in [3.05, 3.63) is 34.1 Å². The fraction of sp³-hybridized carbons (Fsp3) is 0.286. The fourth-order valence-electron chi connectivity index (χ4n) is 2.04. The normalized spacial score (nSPS) is 11.7. The van der Waals surface area contributed by atoms with Gasteiger partial charge in [-0.15, -0.1) is 0 Å². The van der Waals surface area contributed by atoms with Crippen LogP contribution < -0.4 is 11.2 Å². The number of anilines is 1. The average molecular weight is 243 g/mol. The zero-order chi connectivity index (χ0) is 13.5. The van der Waals surface area contributed by atoms with Crippen molar-refractivity contribution in [1.29, 1.82) is 0 Å². The number of benzene rings is 1. The first-order valence-corrected chi connectivity index (χ1v) is 5.76. The number of hydrogen-bond acceptors (Lipinski definition) is 3. The molecule has 0 unspecified atom stereocenters. The number of nitrogens with two attached hydrogens (primary N) is 1. The maximum absolute atomic E-state index is 12.1. The molecule has 0 atom stereocenters. The van der Waals surface area contributed by atoms with Crippen LogP contribution in [-0.2, 0) is 5.41 Å². The Morgan fingerprint density at radius 3 is 2.56 bits per heavy atom. The van der Waals surface area contributed by atoms with Crippen molar-refractivity contribution in [2.75, 3.05) is 5.73 Å². The summed E-state index contributed by atoms with van der Waals surface area (Å²) in [5.74, 6) is 0. The predicted molar refractivity (Wildman–Crippen MR) is 76.9 cm³/mol. The van der Waals surface area contributed by atoms with Gasteiger partial charge >= 0.3 is 0 Å². The number of aromatic nitrogens is 1. The van der Waals surface area contributed by atoms with Crippen molar-refractivity contribution in [3.8, 4) is 0 Å². The number of pyridine rings is 1. The van der Waals surface area contributed by atoms with Crippen LogP contribution >= 0.6 is 0 Å². The highest BCUT2D eigenvalue weighted by atomic mass is 16.1. The highest BCUT2D eigenvalue weighted by Gasteiger charge is 2.18. The third-order valence-corrected chi connectivity index (χ3v) is 3.01. The van der Waals surface area contributed by atoms with Crippen molar-refractivity contribution in [2.45, 2.75) is 26.2 Å². The Morgan fingerprint density at radius 2 is 2.00 bits per heavy atom. The molecule has 4 heteroatoms. The molecule has 0 radical (unpaired) electrons. The van der Waals surface area contributed by atoms with E-state index in [4.69, 9.17) is 5.73 Å². The van der Waals surface area contributed by atoms with Gasteiger partial charge in [-0.1, -0.05) is 20.8 Å². The van der Waals surface area contributed by atoms with Crippen molar-refractivity contribution >= 4 is 29.0 Å². The van der Waals surface area contributed by atoms with Gasteiger partial charge in [0.2, 0.25) is 5.43 Å². The van der Waals surface area contributed by atoms with Gasteiger partial charge in [-0.25, -0.2) is 0 Å². The number of rotatable bonds is 1. The highest BCUT2D eigenvalue weighted by Crippen LogP contribution is 2.30. The highest BCUT2D eigenvalue weighted by molar-refractivity contribution is 5.86. The van der Waals surface area contributed by atoms with Gasteiger partial charge in [-0.3, -0.25) is 9.79 Å². The van der Waals surface area contributed by atoms with E-state index >= 15 is 0 Å². The van der Waals surface area contributed by atoms with E-state index in [-0.39, 0.29) is 10.8 Å². The number of fused-ring (bicyclic) bond motifs is 1. The van der Waals surface area contributed by atoms with E-state index in [1.807, 2.05) is 6.07 Å². The van der Waals surface area contributed by atoms with Crippen LogP contribution in [0.15, 0.2) is 28.1 Å². The van der Waals surface area contributed by atoms with Crippen molar-refractivity contribution < 1.29 is 0 Å². The van der Waals surface area contributed by atoms with E-state index < -0.39 is 0 Å². The summed E-state index contributed by atoms with van der Waals surface area (Å²) >= 11 is 0. The molecule has 0 saturated carbocycles. The van der Waals surface area contributed by atoms with Gasteiger partial charge < -0.3 is 10.7 Å². The Hall–Kier alpha value is -2.10. The number of hydrogen-bond donors (Lipinski definition) is 2. The first kappa shape index (κ1) is 12.4. The molecule has 0 aliphatic carbocycles. The van der Waals surface area contributed by atoms with E-state index in [0.29, 0.717) is 16.8 Å². The number of nitrogen functional groups attached to an aromatic ring is 1. The molecule has 18 heavy (non-hydrogen) atoms. The van der Waals surface area contributed by atoms with Crippen LogP contribution in [0.4, 0.5) is 11.4 Å². The van der Waals surface area contributed by atoms with Crippen LogP contribution in [0.5, 0.6) is 0 Å². The maximum atomic E-state index is 12.1. The fourth-order valence-corrected chi connectivity index (χ4v) is 2.04. The van der Waals surface area contributed by atoms with Crippen molar-refractivity contribution in [1.82, 2.24) is 4.98 Å². The summed E-state index contributed by atoms with van der Waals surface area (Å²) in [4.78, 5) is 18.8. The van der Waals surface area contributed by atoms with Crippen molar-refractivity contribution in [3.63, 3.8) is 0 Å². The lowest BCUT2D eigenvalue weighted by Crippen LogP contribution is -2.15. The second-order valence-electron chi connectivity index (χ2n) is 5.40. The molecule has 94 valence electrons. The smallest absolute Gasteiger partial charge is 0.214 e. The number of H-pyrrole nitrogens is 1. The largest absolute Gasteiger partial charge is 0.398 e. The standard InChI is InChI=1S/C14H17N3O/c1-14(2,3)9-6-11-8(5-10(9)15)13(18)12(16-4)7-17-11/h5-7H,4,15H2,1-3H3,(H,17,18). The summed E-state index contributed by atoms with van der Waals surface area (Å²) < 4.78 is 0. The Bertz CT molecular complexity index is 678. The van der Waals surface area contributed by atoms with Gasteiger partial charge in [0.05, 0.1) is 0 Å². The molecule has 0 bridgehead atoms. The topological polar surface area (TPSA) is 71.2 Å². The minimum absolute atomic E-state index is 0.0650. The van der Waals surface area contributed by atoms with Gasteiger partial charge in [0.15, 0.2) is 0 Å². The molecule has 4 nitrogen and oxygen atoms in total. The van der Waals surface area contributed by atoms with Gasteiger partial charge in [0, 0.05) is 22.8 Å². The molecule has 1 aromatic heterocycles. The summed E-state index contributed by atoms with van der Waals surface area (Å²) in [5.41, 5.74) is 8.55. The number of nitrogens with one attached hydrogen (secondary N) is 1. The summed E-state index contributed by atoms with van der Waals surface area (Å²) in [7, 11) is 0. The van der Waals surface area contributed by atoms with Gasteiger partial charge in [-0.2, -0.15) is 0 Å². The Morgan fingerprint density at radius 1 is 1.33 bits per heavy atom. The van der Waals surface area contributed by atoms with Crippen LogP contribution in [0.3, 0.4) is 0 Å². The average Bonchev–Trinajstić information content (AvgIpc) is 2.28. The number of aromatic amines is 1. The molecule has 0 spiro atoms. The van der Waals surface area contributed by atoms with E-state index in [1.54, 1.807) is 12.3 Å². The van der Waals surface area contributed by atoms with E-state index in [2.05, 4.69) is 37.5 Å². The predicted octanol–water partition coefficient (Wildman–Crippen LogP) is 2.74. The first-order valence-electron chi connectivity index (χ1n) is 5.76. The molecular weight excluding hydrogens is 226 g/mol. The Kier molecular flexibility index (Phi) is 2.73. The number of nitrogens with zero attached hydrogens (tertiary/aromatic N) is 1. The third-order valence-electron chi connectivity index (χ3n) is 3.01. The van der Waals surface area contributed by atoms with Crippen molar-refractivity contribution in [2.24, 2.45) is 4.99 Å². The summed E-state index contributed by atoms with van der Waals surface area (Å²) in [5, 5.41) is 0.547. The molecule has 0 aliphatic heterocycles. The SMILES string of the molecule is C=Nc1c[nH]c2cc(C(C)(C)C)c(N)cc2c1=O. The third kappa shape index (κ3) is 1.90. The second kappa shape index (κ2) is 3.98. The second-order valence-corrected chi connectivity index (χ2v) is 5.40. The van der Waals surface area contributed by atoms with Crippen LogP contribution in [0.25, 0.3) is 10.9 Å². The summed E-state index contributed by atoms with van der Waals surface area (Å²) in [6.45, 7) is 9.63. The molecule has 0 amide bonds. The lowest BCUT2D eigenvalue weighted by molar-refractivity contribution is 0.593. The minimum atomic E-state index is -0.147. The van der Waals surface area contributed by atoms with E-state index in [9.17, 15) is 4.79 Å². The minimum Gasteiger partial charge on any atom is -0.398 e. The van der Waals surface area contributed by atoms with Gasteiger partial charge in [-0.05, 0) is 29.8 Å². The molecule has 0 fully saturated rings. The lowest BCUT2D eigenvalue weighted by atomic mass is 9.85. The zero-order valence-corrected chi connectivity index (χ0v) is 10.9. The molecule has 1 aromatic carbocycles. The van der Waals surface area contributed by atoms with E-state index in [1.165, 1.54) is 0 Å². The van der Waals surface area contributed by atoms with Gasteiger partial charge in [0.25, 0.3) is 0 Å². The quantitative estimate of drug-likeness (QED) is 0.597. The Balaban J connectivity index is 2.84. The van der Waals surface area contributed by atoms with E-state index in [0.717, 1.165) is 11.1 Å². The molecular formula is C14H17N3O.